The normalized spacial score (nSPS) is 10.1. The molecule has 0 aromatic heterocycles. The summed E-state index contributed by atoms with van der Waals surface area (Å²) in [6.45, 7) is 0. The van der Waals surface area contributed by atoms with Gasteiger partial charge in [-0.2, -0.15) is 0 Å². The average molecular weight is 422 g/mol. The lowest BCUT2D eigenvalue weighted by Crippen LogP contribution is -2.19. The number of carbonyl (C=O) groups is 1. The minimum atomic E-state index is -0.266. The Morgan fingerprint density at radius 1 is 0.767 bits per heavy atom. The summed E-state index contributed by atoms with van der Waals surface area (Å²) in [5.74, 6) is 0.553. The van der Waals surface area contributed by atoms with Crippen LogP contribution in [0.1, 0.15) is 5.56 Å². The van der Waals surface area contributed by atoms with Crippen LogP contribution in [0.3, 0.4) is 0 Å². The smallest absolute Gasteiger partial charge is 0.309 e. The molecule has 0 aliphatic carbocycles. The zero-order valence-corrected chi connectivity index (χ0v) is 17.6. The number of benzene rings is 3. The van der Waals surface area contributed by atoms with E-state index in [1.54, 1.807) is 7.11 Å². The van der Waals surface area contributed by atoms with Crippen molar-refractivity contribution in [3.8, 4) is 5.75 Å². The van der Waals surface area contributed by atoms with Gasteiger partial charge in [-0.1, -0.05) is 12.1 Å². The molecule has 3 aromatic rings. The van der Waals surface area contributed by atoms with Crippen LogP contribution >= 0.6 is 12.2 Å². The van der Waals surface area contributed by atoms with Crippen molar-refractivity contribution >= 4 is 46.0 Å². The van der Waals surface area contributed by atoms with Gasteiger partial charge in [-0.25, -0.2) is 0 Å². The van der Waals surface area contributed by atoms with Gasteiger partial charge in [-0.05, 0) is 78.4 Å². The molecular weight excluding hydrogens is 398 g/mol. The summed E-state index contributed by atoms with van der Waals surface area (Å²) in [6, 6.07) is 23.0. The third-order valence-electron chi connectivity index (χ3n) is 4.31. The molecular formula is C23H23N3O3S. The van der Waals surface area contributed by atoms with Crippen LogP contribution in [-0.4, -0.2) is 25.3 Å². The van der Waals surface area contributed by atoms with Gasteiger partial charge in [0.1, 0.15) is 5.75 Å². The first-order chi connectivity index (χ1) is 14.6. The average Bonchev–Trinajstić information content (AvgIpc) is 2.77. The first kappa shape index (κ1) is 21.1. The second-order valence-electron chi connectivity index (χ2n) is 6.46. The molecule has 6 nitrogen and oxygen atoms in total. The van der Waals surface area contributed by atoms with E-state index in [-0.39, 0.29) is 12.4 Å². The highest BCUT2D eigenvalue weighted by molar-refractivity contribution is 7.80. The summed E-state index contributed by atoms with van der Waals surface area (Å²) in [7, 11) is 3.03. The fraction of sp³-hybridized carbons (Fsp3) is 0.130. The van der Waals surface area contributed by atoms with Gasteiger partial charge in [0.05, 0.1) is 20.6 Å². The maximum Gasteiger partial charge on any atom is 0.309 e. The molecule has 0 radical (unpaired) electrons. The molecule has 0 fully saturated rings. The van der Waals surface area contributed by atoms with Crippen molar-refractivity contribution in [2.24, 2.45) is 0 Å². The second kappa shape index (κ2) is 10.3. The zero-order valence-electron chi connectivity index (χ0n) is 16.8. The number of methoxy groups -OCH3 is 2. The van der Waals surface area contributed by atoms with Crippen molar-refractivity contribution < 1.29 is 14.3 Å². The van der Waals surface area contributed by atoms with E-state index in [1.165, 1.54) is 7.11 Å². The van der Waals surface area contributed by atoms with Gasteiger partial charge in [0.25, 0.3) is 0 Å². The summed E-state index contributed by atoms with van der Waals surface area (Å²) in [5.41, 5.74) is 4.52. The van der Waals surface area contributed by atoms with Crippen molar-refractivity contribution in [2.75, 3.05) is 30.2 Å². The molecule has 3 rings (SSSR count). The van der Waals surface area contributed by atoms with Crippen molar-refractivity contribution in [2.45, 2.75) is 6.42 Å². The van der Waals surface area contributed by atoms with Crippen LogP contribution in [0.15, 0.2) is 72.8 Å². The van der Waals surface area contributed by atoms with E-state index in [0.717, 1.165) is 34.1 Å². The first-order valence-electron chi connectivity index (χ1n) is 9.30. The van der Waals surface area contributed by atoms with E-state index >= 15 is 0 Å². The van der Waals surface area contributed by atoms with Crippen LogP contribution in [0.25, 0.3) is 0 Å². The quantitative estimate of drug-likeness (QED) is 0.368. The lowest BCUT2D eigenvalue weighted by atomic mass is 10.1. The number of nitrogens with one attached hydrogen (secondary N) is 3. The number of hydrogen-bond donors (Lipinski definition) is 3. The number of esters is 1. The maximum atomic E-state index is 11.3. The maximum absolute atomic E-state index is 11.3. The predicted molar refractivity (Wildman–Crippen MR) is 125 cm³/mol. The molecule has 0 atom stereocenters. The summed E-state index contributed by atoms with van der Waals surface area (Å²) >= 11 is 5.38. The number of ether oxygens (including phenoxy) is 2. The minimum Gasteiger partial charge on any atom is -0.497 e. The van der Waals surface area contributed by atoms with Gasteiger partial charge in [0.2, 0.25) is 0 Å². The van der Waals surface area contributed by atoms with E-state index in [2.05, 4.69) is 20.7 Å². The fourth-order valence-electron chi connectivity index (χ4n) is 2.72. The van der Waals surface area contributed by atoms with Crippen LogP contribution in [0.5, 0.6) is 5.75 Å². The Morgan fingerprint density at radius 2 is 1.23 bits per heavy atom. The van der Waals surface area contributed by atoms with E-state index in [9.17, 15) is 4.79 Å². The van der Waals surface area contributed by atoms with E-state index in [1.807, 2.05) is 72.8 Å². The SMILES string of the molecule is COC(=O)Cc1ccc(NC(=S)Nc2ccc(Nc3ccc(OC)cc3)cc2)cc1. The van der Waals surface area contributed by atoms with Gasteiger partial charge in [0, 0.05) is 22.7 Å². The van der Waals surface area contributed by atoms with Crippen molar-refractivity contribution in [1.82, 2.24) is 0 Å². The predicted octanol–water partition coefficient (Wildman–Crippen LogP) is 4.96. The molecule has 30 heavy (non-hydrogen) atoms. The van der Waals surface area contributed by atoms with Gasteiger partial charge < -0.3 is 25.4 Å². The third-order valence-corrected chi connectivity index (χ3v) is 4.51. The standard InChI is InChI=1S/C23H23N3O3S/c1-28-21-13-11-18(12-14-21)24-17-7-9-20(10-8-17)26-23(30)25-19-5-3-16(4-6-19)15-22(27)29-2/h3-14,24H,15H2,1-2H3,(H2,25,26,30). The van der Waals surface area contributed by atoms with E-state index in [0.29, 0.717) is 5.11 Å². The molecule has 3 N–H and O–H groups in total. The molecule has 7 heteroatoms. The van der Waals surface area contributed by atoms with Crippen molar-refractivity contribution in [3.63, 3.8) is 0 Å². The minimum absolute atomic E-state index is 0.246. The largest absolute Gasteiger partial charge is 0.497 e. The molecule has 0 heterocycles. The second-order valence-corrected chi connectivity index (χ2v) is 6.87. The molecule has 0 bridgehead atoms. The number of anilines is 4. The Balaban J connectivity index is 1.52. The lowest BCUT2D eigenvalue weighted by molar-refractivity contribution is -0.139. The van der Waals surface area contributed by atoms with Crippen LogP contribution in [0.4, 0.5) is 22.7 Å². The molecule has 0 unspecified atom stereocenters. The zero-order chi connectivity index (χ0) is 21.3. The molecule has 0 amide bonds. The third kappa shape index (κ3) is 6.22. The van der Waals surface area contributed by atoms with Crippen LogP contribution in [0, 0.1) is 0 Å². The highest BCUT2D eigenvalue weighted by Gasteiger charge is 2.04. The Kier molecular flexibility index (Phi) is 7.24. The molecule has 0 spiro atoms. The van der Waals surface area contributed by atoms with Gasteiger partial charge in [-0.15, -0.1) is 0 Å². The summed E-state index contributed by atoms with van der Waals surface area (Å²) in [4.78, 5) is 11.3. The number of carbonyl (C=O) groups excluding carboxylic acids is 1. The highest BCUT2D eigenvalue weighted by atomic mass is 32.1. The summed E-state index contributed by atoms with van der Waals surface area (Å²) in [5, 5.41) is 10.1. The van der Waals surface area contributed by atoms with Crippen LogP contribution in [-0.2, 0) is 16.0 Å². The molecule has 0 aliphatic heterocycles. The molecule has 0 saturated heterocycles. The number of hydrogen-bond acceptors (Lipinski definition) is 5. The first-order valence-corrected chi connectivity index (χ1v) is 9.71. The van der Waals surface area contributed by atoms with Crippen molar-refractivity contribution in [3.05, 3.63) is 78.4 Å². The number of rotatable bonds is 7. The van der Waals surface area contributed by atoms with Gasteiger partial charge >= 0.3 is 5.97 Å². The topological polar surface area (TPSA) is 71.6 Å². The molecule has 154 valence electrons. The molecule has 0 saturated carbocycles. The Morgan fingerprint density at radius 3 is 1.73 bits per heavy atom. The summed E-state index contributed by atoms with van der Waals surface area (Å²) in [6.07, 6.45) is 0.246. The molecule has 0 aliphatic rings. The number of thiocarbonyl (C=S) groups is 1. The van der Waals surface area contributed by atoms with Crippen LogP contribution < -0.4 is 20.7 Å². The van der Waals surface area contributed by atoms with E-state index in [4.69, 9.17) is 17.0 Å². The van der Waals surface area contributed by atoms with Gasteiger partial charge in [0.15, 0.2) is 5.11 Å². The molecule has 3 aromatic carbocycles. The van der Waals surface area contributed by atoms with Crippen molar-refractivity contribution in [1.29, 1.82) is 0 Å². The Labute approximate surface area is 181 Å². The van der Waals surface area contributed by atoms with Gasteiger partial charge in [-0.3, -0.25) is 4.79 Å². The Bertz CT molecular complexity index is 988. The van der Waals surface area contributed by atoms with E-state index < -0.39 is 0 Å². The Hall–Kier alpha value is -3.58. The monoisotopic (exact) mass is 421 g/mol. The summed E-state index contributed by atoms with van der Waals surface area (Å²) < 4.78 is 9.84. The van der Waals surface area contributed by atoms with Crippen LogP contribution in [0.2, 0.25) is 0 Å². The fourth-order valence-corrected chi connectivity index (χ4v) is 2.95. The lowest BCUT2D eigenvalue weighted by Gasteiger charge is -2.12. The highest BCUT2D eigenvalue weighted by Crippen LogP contribution is 2.21.